The number of hydrogen-bond donors (Lipinski definition) is 1. The van der Waals surface area contributed by atoms with Crippen LogP contribution in [0.3, 0.4) is 0 Å². The van der Waals surface area contributed by atoms with Crippen molar-refractivity contribution in [3.63, 3.8) is 0 Å². The van der Waals surface area contributed by atoms with Gasteiger partial charge in [-0.15, -0.1) is 0 Å². The summed E-state index contributed by atoms with van der Waals surface area (Å²) in [5.74, 6) is 0.635. The Morgan fingerprint density at radius 2 is 1.88 bits per heavy atom. The Morgan fingerprint density at radius 1 is 1.15 bits per heavy atom. The Labute approximate surface area is 154 Å². The van der Waals surface area contributed by atoms with Gasteiger partial charge in [0.25, 0.3) is 0 Å². The molecule has 2 unspecified atom stereocenters. The summed E-state index contributed by atoms with van der Waals surface area (Å²) in [6.07, 6.45) is 3.47. The van der Waals surface area contributed by atoms with Gasteiger partial charge in [0.1, 0.15) is 11.6 Å². The van der Waals surface area contributed by atoms with E-state index in [2.05, 4.69) is 24.0 Å². The molecule has 2 saturated heterocycles. The van der Waals surface area contributed by atoms with Gasteiger partial charge >= 0.3 is 0 Å². The van der Waals surface area contributed by atoms with Gasteiger partial charge in [0.2, 0.25) is 0 Å². The lowest BCUT2D eigenvalue weighted by molar-refractivity contribution is -0.0597. The highest BCUT2D eigenvalue weighted by Crippen LogP contribution is 2.46. The fraction of sp³-hybridized carbons (Fsp3) is 0.455. The zero-order valence-corrected chi connectivity index (χ0v) is 15.4. The second-order valence-corrected chi connectivity index (χ2v) is 7.82. The number of piperidine rings is 1. The third kappa shape index (κ3) is 3.12. The minimum Gasteiger partial charge on any atom is -0.496 e. The van der Waals surface area contributed by atoms with E-state index in [0.717, 1.165) is 25.1 Å². The minimum absolute atomic E-state index is 0.282. The van der Waals surface area contributed by atoms with Crippen LogP contribution in [0.4, 0.5) is 4.39 Å². The van der Waals surface area contributed by atoms with Gasteiger partial charge in [-0.2, -0.15) is 0 Å². The van der Waals surface area contributed by atoms with Gasteiger partial charge in [0, 0.05) is 24.2 Å². The second kappa shape index (κ2) is 6.67. The van der Waals surface area contributed by atoms with E-state index in [1.165, 1.54) is 23.3 Å². The summed E-state index contributed by atoms with van der Waals surface area (Å²) in [6, 6.07) is 13.4. The summed E-state index contributed by atoms with van der Waals surface area (Å²) >= 11 is 0. The first-order valence-electron chi connectivity index (χ1n) is 9.36. The highest BCUT2D eigenvalue weighted by Gasteiger charge is 2.48. The second-order valence-electron chi connectivity index (χ2n) is 7.82. The van der Waals surface area contributed by atoms with Crippen molar-refractivity contribution in [2.24, 2.45) is 0 Å². The van der Waals surface area contributed by atoms with Crippen LogP contribution in [0.5, 0.6) is 5.75 Å². The number of halogens is 1. The number of aryl methyl sites for hydroxylation is 1. The molecule has 0 spiro atoms. The van der Waals surface area contributed by atoms with Crippen molar-refractivity contribution < 1.29 is 14.2 Å². The van der Waals surface area contributed by atoms with E-state index < -0.39 is 5.60 Å². The molecule has 2 aromatic rings. The maximum atomic E-state index is 13.7. The first-order valence-corrected chi connectivity index (χ1v) is 9.36. The number of rotatable bonds is 4. The van der Waals surface area contributed by atoms with Crippen LogP contribution in [0.1, 0.15) is 42.4 Å². The van der Waals surface area contributed by atoms with E-state index in [-0.39, 0.29) is 5.82 Å². The van der Waals surface area contributed by atoms with E-state index in [9.17, 15) is 9.50 Å². The number of ether oxygens (including phenoxy) is 1. The lowest BCUT2D eigenvalue weighted by atomic mass is 9.80. The van der Waals surface area contributed by atoms with Crippen LogP contribution in [0.25, 0.3) is 0 Å². The number of methoxy groups -OCH3 is 1. The molecular formula is C22H26FNO2. The standard InChI is InChI=1S/C22H26FNO2/c1-15-6-9-21(26-2)16(10-15)14-24-19-7-8-20(24)13-22(25,12-19)17-4-3-5-18(23)11-17/h3-6,9-11,19-20,25H,7-8,12-14H2,1-2H3. The SMILES string of the molecule is COc1ccc(C)cc1CN1C2CCC1CC(O)(c1cccc(F)c1)C2. The fourth-order valence-corrected chi connectivity index (χ4v) is 4.82. The summed E-state index contributed by atoms with van der Waals surface area (Å²) < 4.78 is 19.2. The molecule has 2 aromatic carbocycles. The topological polar surface area (TPSA) is 32.7 Å². The van der Waals surface area contributed by atoms with E-state index in [0.29, 0.717) is 30.5 Å². The van der Waals surface area contributed by atoms with Crippen LogP contribution in [0.15, 0.2) is 42.5 Å². The molecule has 26 heavy (non-hydrogen) atoms. The highest BCUT2D eigenvalue weighted by molar-refractivity contribution is 5.37. The smallest absolute Gasteiger partial charge is 0.123 e. The molecular weight excluding hydrogens is 329 g/mol. The number of aliphatic hydroxyl groups is 1. The highest BCUT2D eigenvalue weighted by atomic mass is 19.1. The van der Waals surface area contributed by atoms with Crippen LogP contribution in [0.2, 0.25) is 0 Å². The quantitative estimate of drug-likeness (QED) is 0.894. The Morgan fingerprint density at radius 3 is 2.54 bits per heavy atom. The monoisotopic (exact) mass is 355 g/mol. The molecule has 4 rings (SSSR count). The van der Waals surface area contributed by atoms with E-state index in [4.69, 9.17) is 4.74 Å². The van der Waals surface area contributed by atoms with Crippen LogP contribution in [0, 0.1) is 12.7 Å². The van der Waals surface area contributed by atoms with Crippen molar-refractivity contribution in [1.29, 1.82) is 0 Å². The van der Waals surface area contributed by atoms with Crippen LogP contribution < -0.4 is 4.74 Å². The maximum Gasteiger partial charge on any atom is 0.123 e. The predicted octanol–water partition coefficient (Wildman–Crippen LogP) is 4.16. The molecule has 0 radical (unpaired) electrons. The average molecular weight is 355 g/mol. The number of benzene rings is 2. The molecule has 1 N–H and O–H groups in total. The van der Waals surface area contributed by atoms with E-state index in [1.54, 1.807) is 13.2 Å². The molecule has 2 fully saturated rings. The molecule has 3 nitrogen and oxygen atoms in total. The number of hydrogen-bond acceptors (Lipinski definition) is 3. The van der Waals surface area contributed by atoms with Crippen LogP contribution >= 0.6 is 0 Å². The maximum absolute atomic E-state index is 13.7. The summed E-state index contributed by atoms with van der Waals surface area (Å²) in [5.41, 5.74) is 2.20. The number of fused-ring (bicyclic) bond motifs is 2. The van der Waals surface area contributed by atoms with Crippen molar-refractivity contribution >= 4 is 0 Å². The molecule has 2 heterocycles. The lowest BCUT2D eigenvalue weighted by Gasteiger charge is -2.44. The van der Waals surface area contributed by atoms with Gasteiger partial charge in [-0.1, -0.05) is 29.8 Å². The molecule has 0 saturated carbocycles. The van der Waals surface area contributed by atoms with Gasteiger partial charge in [-0.25, -0.2) is 4.39 Å². The van der Waals surface area contributed by atoms with E-state index >= 15 is 0 Å². The number of nitrogens with zero attached hydrogens (tertiary/aromatic N) is 1. The molecule has 0 aliphatic carbocycles. The average Bonchev–Trinajstić information content (AvgIpc) is 2.86. The Hall–Kier alpha value is -1.91. The largest absolute Gasteiger partial charge is 0.496 e. The van der Waals surface area contributed by atoms with Crippen molar-refractivity contribution in [3.05, 3.63) is 65.0 Å². The molecule has 2 atom stereocenters. The van der Waals surface area contributed by atoms with Gasteiger partial charge in [0.05, 0.1) is 12.7 Å². The minimum atomic E-state index is -0.929. The van der Waals surface area contributed by atoms with Crippen molar-refractivity contribution in [2.75, 3.05) is 7.11 Å². The van der Waals surface area contributed by atoms with Crippen LogP contribution in [-0.2, 0) is 12.1 Å². The van der Waals surface area contributed by atoms with Gasteiger partial charge in [0.15, 0.2) is 0 Å². The molecule has 2 bridgehead atoms. The molecule has 138 valence electrons. The first-order chi connectivity index (χ1) is 12.5. The molecule has 2 aliphatic heterocycles. The van der Waals surface area contributed by atoms with Crippen molar-refractivity contribution in [3.8, 4) is 5.75 Å². The van der Waals surface area contributed by atoms with Gasteiger partial charge in [-0.05, 0) is 56.4 Å². The van der Waals surface area contributed by atoms with E-state index in [1.807, 2.05) is 12.1 Å². The summed E-state index contributed by atoms with van der Waals surface area (Å²) in [6.45, 7) is 2.93. The summed E-state index contributed by atoms with van der Waals surface area (Å²) in [4.78, 5) is 2.51. The fourth-order valence-electron chi connectivity index (χ4n) is 4.82. The van der Waals surface area contributed by atoms with Crippen LogP contribution in [-0.4, -0.2) is 29.2 Å². The third-order valence-electron chi connectivity index (χ3n) is 6.07. The molecule has 2 aliphatic rings. The molecule has 0 aromatic heterocycles. The molecule has 4 heteroatoms. The van der Waals surface area contributed by atoms with Crippen molar-refractivity contribution in [2.45, 2.75) is 56.8 Å². The lowest BCUT2D eigenvalue weighted by Crippen LogP contribution is -2.49. The zero-order valence-electron chi connectivity index (χ0n) is 15.4. The first kappa shape index (κ1) is 17.5. The Kier molecular flexibility index (Phi) is 4.49. The van der Waals surface area contributed by atoms with Gasteiger partial charge < -0.3 is 9.84 Å². The third-order valence-corrected chi connectivity index (χ3v) is 6.07. The van der Waals surface area contributed by atoms with Gasteiger partial charge in [-0.3, -0.25) is 4.90 Å². The molecule has 0 amide bonds. The Balaban J connectivity index is 1.57. The summed E-state index contributed by atoms with van der Waals surface area (Å²) in [5, 5.41) is 11.3. The predicted molar refractivity (Wildman–Crippen MR) is 99.6 cm³/mol. The van der Waals surface area contributed by atoms with Crippen molar-refractivity contribution in [1.82, 2.24) is 4.90 Å². The normalized spacial score (nSPS) is 28.3. The summed E-state index contributed by atoms with van der Waals surface area (Å²) in [7, 11) is 1.71. The zero-order chi connectivity index (χ0) is 18.3. The Bertz CT molecular complexity index is 792.